The Kier molecular flexibility index (Phi) is 5.04. The Morgan fingerprint density at radius 2 is 1.58 bits per heavy atom. The Balaban J connectivity index is 1.56. The number of rotatable bonds is 4. The van der Waals surface area contributed by atoms with E-state index in [9.17, 15) is 14.0 Å². The normalized spacial score (nSPS) is 15.3. The number of hydrogen-bond donors (Lipinski definition) is 0. The van der Waals surface area contributed by atoms with Crippen LogP contribution in [-0.2, 0) is 11.2 Å². The Hall–Kier alpha value is -2.49. The monoisotopic (exact) mass is 325 g/mol. The highest BCUT2D eigenvalue weighted by Crippen LogP contribution is 2.22. The van der Waals surface area contributed by atoms with E-state index >= 15 is 0 Å². The molecule has 0 radical (unpaired) electrons. The lowest BCUT2D eigenvalue weighted by Gasteiger charge is -2.31. The van der Waals surface area contributed by atoms with Gasteiger partial charge in [-0.3, -0.25) is 9.59 Å². The minimum absolute atomic E-state index is 0.0371. The maximum atomic E-state index is 13.7. The van der Waals surface area contributed by atoms with E-state index in [0.717, 1.165) is 5.56 Å². The van der Waals surface area contributed by atoms with Crippen molar-refractivity contribution in [3.8, 4) is 0 Å². The van der Waals surface area contributed by atoms with Gasteiger partial charge in [0.25, 0.3) is 0 Å². The van der Waals surface area contributed by atoms with Crippen molar-refractivity contribution in [2.24, 2.45) is 5.92 Å². The van der Waals surface area contributed by atoms with Crippen molar-refractivity contribution in [2.75, 3.05) is 13.1 Å². The van der Waals surface area contributed by atoms with Gasteiger partial charge in [-0.2, -0.15) is 0 Å². The second-order valence-corrected chi connectivity index (χ2v) is 6.15. The first-order valence-corrected chi connectivity index (χ1v) is 8.25. The number of benzene rings is 2. The highest BCUT2D eigenvalue weighted by atomic mass is 19.1. The minimum Gasteiger partial charge on any atom is -0.342 e. The first-order valence-electron chi connectivity index (χ1n) is 8.25. The van der Waals surface area contributed by atoms with E-state index in [1.807, 2.05) is 30.3 Å². The fourth-order valence-corrected chi connectivity index (χ4v) is 3.15. The number of ketones is 1. The Bertz CT molecular complexity index is 721. The molecule has 3 nitrogen and oxygen atoms in total. The molecule has 1 saturated heterocycles. The molecule has 1 aliphatic rings. The van der Waals surface area contributed by atoms with Gasteiger partial charge >= 0.3 is 0 Å². The van der Waals surface area contributed by atoms with Gasteiger partial charge in [0.05, 0.1) is 6.42 Å². The third kappa shape index (κ3) is 3.70. The van der Waals surface area contributed by atoms with Crippen LogP contribution in [0.3, 0.4) is 0 Å². The third-order valence-electron chi connectivity index (χ3n) is 4.58. The molecule has 0 spiro atoms. The summed E-state index contributed by atoms with van der Waals surface area (Å²) in [6, 6.07) is 15.6. The van der Waals surface area contributed by atoms with Gasteiger partial charge in [0.1, 0.15) is 5.82 Å². The average molecular weight is 325 g/mol. The molecule has 0 bridgehead atoms. The van der Waals surface area contributed by atoms with Crippen molar-refractivity contribution >= 4 is 11.7 Å². The average Bonchev–Trinajstić information content (AvgIpc) is 2.64. The Morgan fingerprint density at radius 3 is 2.25 bits per heavy atom. The summed E-state index contributed by atoms with van der Waals surface area (Å²) < 4.78 is 13.7. The van der Waals surface area contributed by atoms with E-state index in [4.69, 9.17) is 0 Å². The molecule has 0 atom stereocenters. The summed E-state index contributed by atoms with van der Waals surface area (Å²) in [5.41, 5.74) is 1.15. The zero-order valence-electron chi connectivity index (χ0n) is 13.5. The molecule has 0 unspecified atom stereocenters. The fourth-order valence-electron chi connectivity index (χ4n) is 3.15. The number of amides is 1. The summed E-state index contributed by atoms with van der Waals surface area (Å²) in [7, 11) is 0. The van der Waals surface area contributed by atoms with Crippen LogP contribution in [0.5, 0.6) is 0 Å². The predicted octanol–water partition coefficient (Wildman–Crippen LogP) is 3.49. The van der Waals surface area contributed by atoms with Gasteiger partial charge in [-0.15, -0.1) is 0 Å². The molecule has 2 aromatic rings. The van der Waals surface area contributed by atoms with Crippen LogP contribution in [0.1, 0.15) is 28.8 Å². The molecule has 1 fully saturated rings. The van der Waals surface area contributed by atoms with Gasteiger partial charge in [-0.05, 0) is 24.5 Å². The number of carbonyl (C=O) groups excluding carboxylic acids is 2. The third-order valence-corrected chi connectivity index (χ3v) is 4.58. The second-order valence-electron chi connectivity index (χ2n) is 6.15. The molecule has 1 amide bonds. The number of Topliss-reactive ketones (excluding diaryl/α,β-unsaturated/α-hetero) is 1. The number of carbonyl (C=O) groups is 2. The lowest BCUT2D eigenvalue weighted by molar-refractivity contribution is -0.131. The molecule has 3 rings (SSSR count). The number of nitrogens with zero attached hydrogens (tertiary/aromatic N) is 1. The van der Waals surface area contributed by atoms with Gasteiger partial charge in [0, 0.05) is 24.6 Å². The van der Waals surface area contributed by atoms with Crippen molar-refractivity contribution in [1.82, 2.24) is 4.90 Å². The van der Waals surface area contributed by atoms with Crippen LogP contribution < -0.4 is 0 Å². The number of halogens is 1. The minimum atomic E-state index is -0.347. The topological polar surface area (TPSA) is 37.4 Å². The van der Waals surface area contributed by atoms with Crippen LogP contribution in [0.15, 0.2) is 54.6 Å². The summed E-state index contributed by atoms with van der Waals surface area (Å²) in [6.45, 7) is 1.10. The highest BCUT2D eigenvalue weighted by Gasteiger charge is 2.28. The smallest absolute Gasteiger partial charge is 0.227 e. The molecule has 1 heterocycles. The zero-order valence-corrected chi connectivity index (χ0v) is 13.5. The first kappa shape index (κ1) is 16.4. The molecule has 24 heavy (non-hydrogen) atoms. The Morgan fingerprint density at radius 1 is 0.958 bits per heavy atom. The van der Waals surface area contributed by atoms with Crippen LogP contribution in [0.4, 0.5) is 4.39 Å². The lowest BCUT2D eigenvalue weighted by Crippen LogP contribution is -2.41. The summed E-state index contributed by atoms with van der Waals surface area (Å²) in [5.74, 6) is -0.313. The molecule has 2 aromatic carbocycles. The van der Waals surface area contributed by atoms with Gasteiger partial charge in [-0.1, -0.05) is 48.5 Å². The van der Waals surface area contributed by atoms with Crippen molar-refractivity contribution in [3.05, 3.63) is 71.5 Å². The summed E-state index contributed by atoms with van der Waals surface area (Å²) in [4.78, 5) is 26.5. The standard InChI is InChI=1S/C20H20FNO2/c21-18-9-5-4-8-17(18)14-19(23)22-12-10-16(11-13-22)20(24)15-6-2-1-3-7-15/h1-9,16H,10-14H2. The van der Waals surface area contributed by atoms with Crippen LogP contribution in [0, 0.1) is 11.7 Å². The summed E-state index contributed by atoms with van der Waals surface area (Å²) in [6.07, 6.45) is 1.40. The van der Waals surface area contributed by atoms with Crippen LogP contribution >= 0.6 is 0 Å². The molecule has 0 saturated carbocycles. The van der Waals surface area contributed by atoms with Crippen molar-refractivity contribution in [1.29, 1.82) is 0 Å². The van der Waals surface area contributed by atoms with E-state index in [1.54, 1.807) is 23.1 Å². The van der Waals surface area contributed by atoms with Gasteiger partial charge in [0.15, 0.2) is 5.78 Å². The van der Waals surface area contributed by atoms with Crippen molar-refractivity contribution in [2.45, 2.75) is 19.3 Å². The maximum absolute atomic E-state index is 13.7. The number of hydrogen-bond acceptors (Lipinski definition) is 2. The molecule has 0 N–H and O–H groups in total. The van der Waals surface area contributed by atoms with Crippen molar-refractivity contribution < 1.29 is 14.0 Å². The predicted molar refractivity (Wildman–Crippen MR) is 90.2 cm³/mol. The molecule has 0 aliphatic carbocycles. The molecule has 1 aliphatic heterocycles. The SMILES string of the molecule is O=C(c1ccccc1)C1CCN(C(=O)Cc2ccccc2F)CC1. The Labute approximate surface area is 141 Å². The quantitative estimate of drug-likeness (QED) is 0.807. The van der Waals surface area contributed by atoms with E-state index in [1.165, 1.54) is 6.07 Å². The van der Waals surface area contributed by atoms with Crippen LogP contribution in [0.2, 0.25) is 0 Å². The zero-order chi connectivity index (χ0) is 16.9. The van der Waals surface area contributed by atoms with E-state index in [0.29, 0.717) is 31.5 Å². The molecule has 0 aromatic heterocycles. The van der Waals surface area contributed by atoms with Gasteiger partial charge in [0.2, 0.25) is 5.91 Å². The highest BCUT2D eigenvalue weighted by molar-refractivity contribution is 5.98. The van der Waals surface area contributed by atoms with Crippen molar-refractivity contribution in [3.63, 3.8) is 0 Å². The summed E-state index contributed by atoms with van der Waals surface area (Å²) in [5, 5.41) is 0. The molecule has 124 valence electrons. The van der Waals surface area contributed by atoms with E-state index in [-0.39, 0.29) is 29.8 Å². The van der Waals surface area contributed by atoms with E-state index in [2.05, 4.69) is 0 Å². The van der Waals surface area contributed by atoms with Crippen LogP contribution in [-0.4, -0.2) is 29.7 Å². The van der Waals surface area contributed by atoms with Gasteiger partial charge < -0.3 is 4.90 Å². The van der Waals surface area contributed by atoms with Crippen LogP contribution in [0.25, 0.3) is 0 Å². The molecule has 4 heteroatoms. The summed E-state index contributed by atoms with van der Waals surface area (Å²) >= 11 is 0. The maximum Gasteiger partial charge on any atom is 0.227 e. The first-order chi connectivity index (χ1) is 11.6. The molecular weight excluding hydrogens is 305 g/mol. The lowest BCUT2D eigenvalue weighted by atomic mass is 9.88. The number of piperidine rings is 1. The van der Waals surface area contributed by atoms with E-state index < -0.39 is 0 Å². The van der Waals surface area contributed by atoms with Gasteiger partial charge in [-0.25, -0.2) is 4.39 Å². The second kappa shape index (κ2) is 7.39. The molecular formula is C20H20FNO2. The largest absolute Gasteiger partial charge is 0.342 e. The number of likely N-dealkylation sites (tertiary alicyclic amines) is 1. The fraction of sp³-hybridized carbons (Fsp3) is 0.300.